The number of hydrogen-bond acceptors (Lipinski definition) is 5. The third-order valence-corrected chi connectivity index (χ3v) is 3.03. The fourth-order valence-electron chi connectivity index (χ4n) is 1.81. The normalized spacial score (nSPS) is 17.8. The van der Waals surface area contributed by atoms with Gasteiger partial charge in [0.25, 0.3) is 5.91 Å². The predicted octanol–water partition coefficient (Wildman–Crippen LogP) is -0.104. The van der Waals surface area contributed by atoms with Crippen molar-refractivity contribution >= 4 is 17.8 Å². The second kappa shape index (κ2) is 5.72. The standard InChI is InChI=1S/C12H16N4O4/c1-6-7(2)20-10(14-6)5-13-9(17)4-3-8-11(18)16-12(19)15-8/h8H,3-5H2,1-2H3,(H,13,17)(H2,15,16,18,19). The van der Waals surface area contributed by atoms with Crippen molar-refractivity contribution in [3.05, 3.63) is 17.3 Å². The number of aromatic nitrogens is 1. The highest BCUT2D eigenvalue weighted by molar-refractivity contribution is 6.04. The van der Waals surface area contributed by atoms with E-state index < -0.39 is 18.0 Å². The lowest BCUT2D eigenvalue weighted by molar-refractivity contribution is -0.122. The van der Waals surface area contributed by atoms with Gasteiger partial charge in [-0.25, -0.2) is 9.78 Å². The largest absolute Gasteiger partial charge is 0.444 e. The molecule has 2 rings (SSSR count). The first-order valence-electron chi connectivity index (χ1n) is 6.26. The Morgan fingerprint density at radius 2 is 2.15 bits per heavy atom. The molecule has 1 aromatic rings. The monoisotopic (exact) mass is 280 g/mol. The minimum Gasteiger partial charge on any atom is -0.444 e. The van der Waals surface area contributed by atoms with Crippen LogP contribution in [0.15, 0.2) is 4.42 Å². The summed E-state index contributed by atoms with van der Waals surface area (Å²) >= 11 is 0. The molecule has 8 heteroatoms. The summed E-state index contributed by atoms with van der Waals surface area (Å²) in [7, 11) is 0. The van der Waals surface area contributed by atoms with Crippen LogP contribution in [0.1, 0.15) is 30.2 Å². The van der Waals surface area contributed by atoms with E-state index >= 15 is 0 Å². The number of amides is 4. The van der Waals surface area contributed by atoms with Crippen LogP contribution >= 0.6 is 0 Å². The van der Waals surface area contributed by atoms with Gasteiger partial charge in [0.05, 0.1) is 12.2 Å². The zero-order chi connectivity index (χ0) is 14.7. The predicted molar refractivity (Wildman–Crippen MR) is 67.5 cm³/mol. The molecular weight excluding hydrogens is 264 g/mol. The van der Waals surface area contributed by atoms with Crippen LogP contribution in [0.5, 0.6) is 0 Å². The number of carbonyl (C=O) groups excluding carboxylic acids is 3. The number of carbonyl (C=O) groups is 3. The van der Waals surface area contributed by atoms with Crippen LogP contribution in [-0.4, -0.2) is 28.9 Å². The Morgan fingerprint density at radius 3 is 2.70 bits per heavy atom. The smallest absolute Gasteiger partial charge is 0.322 e. The van der Waals surface area contributed by atoms with Crippen LogP contribution in [0.25, 0.3) is 0 Å². The number of rotatable bonds is 5. The van der Waals surface area contributed by atoms with Crippen molar-refractivity contribution < 1.29 is 18.8 Å². The topological polar surface area (TPSA) is 113 Å². The maximum absolute atomic E-state index is 11.6. The first-order chi connectivity index (χ1) is 9.45. The van der Waals surface area contributed by atoms with Crippen molar-refractivity contribution in [3.8, 4) is 0 Å². The average Bonchev–Trinajstić information content (AvgIpc) is 2.87. The van der Waals surface area contributed by atoms with E-state index in [1.165, 1.54) is 0 Å². The summed E-state index contributed by atoms with van der Waals surface area (Å²) < 4.78 is 5.33. The van der Waals surface area contributed by atoms with Gasteiger partial charge in [-0.3, -0.25) is 14.9 Å². The SMILES string of the molecule is Cc1nc(CNC(=O)CCC2NC(=O)NC2=O)oc1C. The van der Waals surface area contributed by atoms with Crippen LogP contribution in [-0.2, 0) is 16.1 Å². The summed E-state index contributed by atoms with van der Waals surface area (Å²) in [5.74, 6) is 0.536. The highest BCUT2D eigenvalue weighted by Crippen LogP contribution is 2.08. The minimum absolute atomic E-state index is 0.136. The van der Waals surface area contributed by atoms with Gasteiger partial charge in [0, 0.05) is 6.42 Å². The molecule has 1 saturated heterocycles. The Bertz CT molecular complexity index is 532. The molecule has 108 valence electrons. The molecule has 0 bridgehead atoms. The Morgan fingerprint density at radius 1 is 1.40 bits per heavy atom. The zero-order valence-corrected chi connectivity index (χ0v) is 11.3. The molecule has 0 aliphatic carbocycles. The molecular formula is C12H16N4O4. The lowest BCUT2D eigenvalue weighted by Crippen LogP contribution is -2.31. The van der Waals surface area contributed by atoms with E-state index in [0.717, 1.165) is 11.5 Å². The summed E-state index contributed by atoms with van der Waals surface area (Å²) in [6.45, 7) is 3.83. The number of urea groups is 1. The van der Waals surface area contributed by atoms with E-state index in [4.69, 9.17) is 4.42 Å². The number of aryl methyl sites for hydroxylation is 2. The Hall–Kier alpha value is -2.38. The van der Waals surface area contributed by atoms with Crippen molar-refractivity contribution in [3.63, 3.8) is 0 Å². The van der Waals surface area contributed by atoms with Crippen LogP contribution in [0, 0.1) is 13.8 Å². The summed E-state index contributed by atoms with van der Waals surface area (Å²) in [4.78, 5) is 37.9. The second-order valence-electron chi connectivity index (χ2n) is 4.58. The van der Waals surface area contributed by atoms with Crippen molar-refractivity contribution in [2.75, 3.05) is 0 Å². The summed E-state index contributed by atoms with van der Waals surface area (Å²) in [6, 6.07) is -1.16. The van der Waals surface area contributed by atoms with E-state index in [-0.39, 0.29) is 25.3 Å². The van der Waals surface area contributed by atoms with Crippen LogP contribution in [0.2, 0.25) is 0 Å². The molecule has 4 amide bonds. The fraction of sp³-hybridized carbons (Fsp3) is 0.500. The van der Waals surface area contributed by atoms with Crippen LogP contribution in [0.3, 0.4) is 0 Å². The minimum atomic E-state index is -0.639. The quantitative estimate of drug-likeness (QED) is 0.652. The van der Waals surface area contributed by atoms with Gasteiger partial charge in [-0.15, -0.1) is 0 Å². The number of oxazole rings is 1. The van der Waals surface area contributed by atoms with E-state index in [1.807, 2.05) is 6.92 Å². The molecule has 1 aromatic heterocycles. The Balaban J connectivity index is 1.73. The van der Waals surface area contributed by atoms with Gasteiger partial charge in [-0.05, 0) is 20.3 Å². The van der Waals surface area contributed by atoms with Crippen LogP contribution < -0.4 is 16.0 Å². The average molecular weight is 280 g/mol. The highest BCUT2D eigenvalue weighted by atomic mass is 16.4. The second-order valence-corrected chi connectivity index (χ2v) is 4.58. The Labute approximate surface area is 115 Å². The molecule has 1 aliphatic heterocycles. The molecule has 0 spiro atoms. The zero-order valence-electron chi connectivity index (χ0n) is 11.3. The Kier molecular flexibility index (Phi) is 4.02. The van der Waals surface area contributed by atoms with Crippen molar-refractivity contribution in [1.82, 2.24) is 20.9 Å². The lowest BCUT2D eigenvalue weighted by atomic mass is 10.1. The number of imide groups is 1. The molecule has 1 atom stereocenters. The van der Waals surface area contributed by atoms with Gasteiger partial charge in [-0.1, -0.05) is 0 Å². The molecule has 1 aliphatic rings. The third-order valence-electron chi connectivity index (χ3n) is 3.03. The molecule has 1 fully saturated rings. The summed E-state index contributed by atoms with van der Waals surface area (Å²) in [6.07, 6.45) is 0.393. The third kappa shape index (κ3) is 3.34. The van der Waals surface area contributed by atoms with Crippen molar-refractivity contribution in [1.29, 1.82) is 0 Å². The molecule has 0 radical (unpaired) electrons. The van der Waals surface area contributed by atoms with Gasteiger partial charge < -0.3 is 15.1 Å². The fourth-order valence-corrected chi connectivity index (χ4v) is 1.81. The molecule has 1 unspecified atom stereocenters. The van der Waals surface area contributed by atoms with Crippen LogP contribution in [0.4, 0.5) is 4.79 Å². The number of hydrogen-bond donors (Lipinski definition) is 3. The molecule has 0 aromatic carbocycles. The molecule has 3 N–H and O–H groups in total. The van der Waals surface area contributed by atoms with Gasteiger partial charge >= 0.3 is 6.03 Å². The molecule has 20 heavy (non-hydrogen) atoms. The molecule has 8 nitrogen and oxygen atoms in total. The van der Waals surface area contributed by atoms with E-state index in [1.54, 1.807) is 6.92 Å². The molecule has 0 saturated carbocycles. The first-order valence-corrected chi connectivity index (χ1v) is 6.26. The van der Waals surface area contributed by atoms with Gasteiger partial charge in [0.1, 0.15) is 11.8 Å². The first kappa shape index (κ1) is 14.0. The number of nitrogens with one attached hydrogen (secondary N) is 3. The highest BCUT2D eigenvalue weighted by Gasteiger charge is 2.29. The van der Waals surface area contributed by atoms with Crippen molar-refractivity contribution in [2.24, 2.45) is 0 Å². The van der Waals surface area contributed by atoms with E-state index in [2.05, 4.69) is 20.9 Å². The summed E-state index contributed by atoms with van der Waals surface area (Å²) in [5, 5.41) is 7.19. The van der Waals surface area contributed by atoms with Gasteiger partial charge in [0.15, 0.2) is 0 Å². The van der Waals surface area contributed by atoms with E-state index in [0.29, 0.717) is 5.89 Å². The summed E-state index contributed by atoms with van der Waals surface area (Å²) in [5.41, 5.74) is 0.791. The molecule has 2 heterocycles. The van der Waals surface area contributed by atoms with Gasteiger partial charge in [-0.2, -0.15) is 0 Å². The maximum Gasteiger partial charge on any atom is 0.322 e. The lowest BCUT2D eigenvalue weighted by Gasteiger charge is -2.06. The van der Waals surface area contributed by atoms with Crippen molar-refractivity contribution in [2.45, 2.75) is 39.3 Å². The van der Waals surface area contributed by atoms with E-state index in [9.17, 15) is 14.4 Å². The maximum atomic E-state index is 11.6. The number of nitrogens with zero attached hydrogens (tertiary/aromatic N) is 1. The van der Waals surface area contributed by atoms with Gasteiger partial charge in [0.2, 0.25) is 11.8 Å².